The van der Waals surface area contributed by atoms with Crippen LogP contribution < -0.4 is 0 Å². The van der Waals surface area contributed by atoms with E-state index in [1.165, 1.54) is 0 Å². The van der Waals surface area contributed by atoms with E-state index in [9.17, 15) is 9.90 Å². The predicted octanol–water partition coefficient (Wildman–Crippen LogP) is 2.39. The number of hydrogen-bond donors (Lipinski definition) is 1. The van der Waals surface area contributed by atoms with Gasteiger partial charge in [0.1, 0.15) is 0 Å². The Morgan fingerprint density at radius 2 is 1.94 bits per heavy atom. The molecule has 0 unspecified atom stereocenters. The van der Waals surface area contributed by atoms with Gasteiger partial charge in [-0.05, 0) is 45.4 Å². The smallest absolute Gasteiger partial charge is 0.253 e. The predicted molar refractivity (Wildman–Crippen MR) is 68.9 cm³/mol. The van der Waals surface area contributed by atoms with Crippen molar-refractivity contribution >= 4 is 5.91 Å². The van der Waals surface area contributed by atoms with Gasteiger partial charge >= 0.3 is 0 Å². The maximum atomic E-state index is 12.1. The molecule has 0 aromatic heterocycles. The molecule has 0 aliphatic rings. The fourth-order valence-electron chi connectivity index (χ4n) is 1.47. The number of nitrogens with zero attached hydrogens (tertiary/aromatic N) is 1. The number of benzene rings is 1. The van der Waals surface area contributed by atoms with Crippen molar-refractivity contribution in [2.24, 2.45) is 0 Å². The van der Waals surface area contributed by atoms with Crippen LogP contribution >= 0.6 is 0 Å². The Kier molecular flexibility index (Phi) is 3.94. The van der Waals surface area contributed by atoms with Gasteiger partial charge in [0.2, 0.25) is 0 Å². The summed E-state index contributed by atoms with van der Waals surface area (Å²) in [5.74, 6) is -0.0221. The van der Waals surface area contributed by atoms with Crippen LogP contribution in [0.2, 0.25) is 0 Å². The first-order chi connectivity index (χ1) is 7.73. The van der Waals surface area contributed by atoms with Gasteiger partial charge in [-0.25, -0.2) is 0 Å². The van der Waals surface area contributed by atoms with Crippen molar-refractivity contribution in [3.05, 3.63) is 35.4 Å². The highest BCUT2D eigenvalue weighted by atomic mass is 16.3. The van der Waals surface area contributed by atoms with Crippen LogP contribution in [-0.2, 0) is 5.60 Å². The Morgan fingerprint density at radius 1 is 1.35 bits per heavy atom. The molecule has 17 heavy (non-hydrogen) atoms. The lowest BCUT2D eigenvalue weighted by Crippen LogP contribution is -2.33. The van der Waals surface area contributed by atoms with Crippen molar-refractivity contribution in [3.63, 3.8) is 0 Å². The zero-order valence-electron chi connectivity index (χ0n) is 11.2. The number of aliphatic hydroxyl groups is 1. The van der Waals surface area contributed by atoms with Crippen LogP contribution in [0.1, 0.15) is 43.6 Å². The highest BCUT2D eigenvalue weighted by Gasteiger charge is 2.19. The molecule has 0 spiro atoms. The van der Waals surface area contributed by atoms with Crippen molar-refractivity contribution in [2.45, 2.75) is 39.3 Å². The molecular weight excluding hydrogens is 214 g/mol. The first-order valence-electron chi connectivity index (χ1n) is 5.83. The molecule has 0 aliphatic heterocycles. The average molecular weight is 235 g/mol. The summed E-state index contributed by atoms with van der Waals surface area (Å²) in [7, 11) is 1.78. The summed E-state index contributed by atoms with van der Waals surface area (Å²) in [5, 5.41) is 9.92. The number of hydrogen-bond acceptors (Lipinski definition) is 2. The van der Waals surface area contributed by atoms with Gasteiger partial charge < -0.3 is 10.0 Å². The van der Waals surface area contributed by atoms with Crippen LogP contribution in [0.4, 0.5) is 0 Å². The van der Waals surface area contributed by atoms with Crippen LogP contribution in [0.15, 0.2) is 24.3 Å². The van der Waals surface area contributed by atoms with E-state index in [0.29, 0.717) is 5.56 Å². The first kappa shape index (κ1) is 13.7. The first-order valence-corrected chi connectivity index (χ1v) is 5.83. The van der Waals surface area contributed by atoms with Gasteiger partial charge in [-0.2, -0.15) is 0 Å². The summed E-state index contributed by atoms with van der Waals surface area (Å²) in [5.41, 5.74) is 0.438. The van der Waals surface area contributed by atoms with Gasteiger partial charge in [0.15, 0.2) is 0 Å². The second-order valence-electron chi connectivity index (χ2n) is 5.15. The molecule has 0 aliphatic carbocycles. The Bertz CT molecular complexity index is 405. The number of carbonyl (C=O) groups is 1. The molecular formula is C14H21NO2. The fourth-order valence-corrected chi connectivity index (χ4v) is 1.47. The number of carbonyl (C=O) groups excluding carboxylic acids is 1. The maximum absolute atomic E-state index is 12.1. The van der Waals surface area contributed by atoms with E-state index in [4.69, 9.17) is 0 Å². The van der Waals surface area contributed by atoms with Crippen molar-refractivity contribution in [2.75, 3.05) is 7.05 Å². The lowest BCUT2D eigenvalue weighted by Gasteiger charge is -2.23. The van der Waals surface area contributed by atoms with Crippen molar-refractivity contribution in [1.29, 1.82) is 0 Å². The second-order valence-corrected chi connectivity index (χ2v) is 5.15. The minimum absolute atomic E-state index is 0.0221. The normalized spacial score (nSPS) is 11.7. The molecule has 0 heterocycles. The summed E-state index contributed by atoms with van der Waals surface area (Å²) in [6, 6.07) is 7.31. The van der Waals surface area contributed by atoms with Gasteiger partial charge in [-0.15, -0.1) is 0 Å². The van der Waals surface area contributed by atoms with E-state index in [-0.39, 0.29) is 11.9 Å². The average Bonchev–Trinajstić information content (AvgIpc) is 2.26. The van der Waals surface area contributed by atoms with Crippen molar-refractivity contribution in [1.82, 2.24) is 4.90 Å². The summed E-state index contributed by atoms with van der Waals surface area (Å²) in [4.78, 5) is 13.8. The largest absolute Gasteiger partial charge is 0.386 e. The molecule has 0 radical (unpaired) electrons. The third-order valence-electron chi connectivity index (χ3n) is 2.91. The van der Waals surface area contributed by atoms with E-state index in [2.05, 4.69) is 0 Å². The monoisotopic (exact) mass is 235 g/mol. The summed E-state index contributed by atoms with van der Waals surface area (Å²) >= 11 is 0. The Balaban J connectivity index is 3.04. The Hall–Kier alpha value is -1.35. The minimum atomic E-state index is -0.924. The Labute approximate surface area is 103 Å². The van der Waals surface area contributed by atoms with Crippen LogP contribution in [0, 0.1) is 0 Å². The summed E-state index contributed by atoms with van der Waals surface area (Å²) in [6.45, 7) is 7.36. The van der Waals surface area contributed by atoms with Gasteiger partial charge in [-0.3, -0.25) is 4.79 Å². The quantitative estimate of drug-likeness (QED) is 0.874. The zero-order chi connectivity index (χ0) is 13.2. The van der Waals surface area contributed by atoms with E-state index in [0.717, 1.165) is 5.56 Å². The molecule has 1 rings (SSSR count). The number of rotatable bonds is 3. The molecule has 1 amide bonds. The summed E-state index contributed by atoms with van der Waals surface area (Å²) in [6.07, 6.45) is 0. The van der Waals surface area contributed by atoms with E-state index in [1.807, 2.05) is 19.9 Å². The molecule has 0 fully saturated rings. The van der Waals surface area contributed by atoms with Crippen LogP contribution in [0.25, 0.3) is 0 Å². The minimum Gasteiger partial charge on any atom is -0.386 e. The molecule has 94 valence electrons. The maximum Gasteiger partial charge on any atom is 0.253 e. The van der Waals surface area contributed by atoms with Gasteiger partial charge in [0, 0.05) is 18.7 Å². The zero-order valence-corrected chi connectivity index (χ0v) is 11.2. The molecule has 0 saturated heterocycles. The van der Waals surface area contributed by atoms with Gasteiger partial charge in [0.05, 0.1) is 5.60 Å². The topological polar surface area (TPSA) is 40.5 Å². The third kappa shape index (κ3) is 3.30. The molecule has 1 aromatic carbocycles. The SMILES string of the molecule is CC(C)N(C)C(=O)c1cccc(C(C)(C)O)c1. The standard InChI is InChI=1S/C14H21NO2/c1-10(2)15(5)13(16)11-7-6-8-12(9-11)14(3,4)17/h6-10,17H,1-5H3. The molecule has 0 saturated carbocycles. The highest BCUT2D eigenvalue weighted by Crippen LogP contribution is 2.21. The fraction of sp³-hybridized carbons (Fsp3) is 0.500. The summed E-state index contributed by atoms with van der Waals surface area (Å²) < 4.78 is 0. The van der Waals surface area contributed by atoms with Crippen LogP contribution in [0.3, 0.4) is 0 Å². The van der Waals surface area contributed by atoms with E-state index >= 15 is 0 Å². The van der Waals surface area contributed by atoms with E-state index in [1.54, 1.807) is 44.0 Å². The lowest BCUT2D eigenvalue weighted by atomic mass is 9.96. The molecule has 3 nitrogen and oxygen atoms in total. The van der Waals surface area contributed by atoms with Crippen LogP contribution in [0.5, 0.6) is 0 Å². The molecule has 1 aromatic rings. The van der Waals surface area contributed by atoms with Crippen molar-refractivity contribution < 1.29 is 9.90 Å². The molecule has 0 bridgehead atoms. The van der Waals surface area contributed by atoms with E-state index < -0.39 is 5.60 Å². The molecule has 1 N–H and O–H groups in total. The second kappa shape index (κ2) is 4.88. The van der Waals surface area contributed by atoms with Crippen LogP contribution in [-0.4, -0.2) is 29.0 Å². The molecule has 0 atom stereocenters. The van der Waals surface area contributed by atoms with Crippen molar-refractivity contribution in [3.8, 4) is 0 Å². The number of amides is 1. The van der Waals surface area contributed by atoms with Gasteiger partial charge in [0.25, 0.3) is 5.91 Å². The molecule has 3 heteroatoms. The highest BCUT2D eigenvalue weighted by molar-refractivity contribution is 5.94. The lowest BCUT2D eigenvalue weighted by molar-refractivity contribution is 0.0746. The van der Waals surface area contributed by atoms with Gasteiger partial charge in [-0.1, -0.05) is 12.1 Å². The third-order valence-corrected chi connectivity index (χ3v) is 2.91. The Morgan fingerprint density at radius 3 is 2.41 bits per heavy atom.